The Morgan fingerprint density at radius 2 is 2.00 bits per heavy atom. The van der Waals surface area contributed by atoms with Crippen molar-refractivity contribution in [3.63, 3.8) is 0 Å². The van der Waals surface area contributed by atoms with E-state index in [0.29, 0.717) is 32.1 Å². The number of aliphatic carboxylic acids is 1. The maximum Gasteiger partial charge on any atom is 0.451 e. The summed E-state index contributed by atoms with van der Waals surface area (Å²) in [5, 5.41) is 30.7. The van der Waals surface area contributed by atoms with Crippen molar-refractivity contribution >= 4 is 13.1 Å². The number of hydrogen-bond acceptors (Lipinski definition) is 5. The molecule has 0 bridgehead atoms. The van der Waals surface area contributed by atoms with Crippen molar-refractivity contribution in [3.05, 3.63) is 0 Å². The fraction of sp³-hybridized carbons (Fsp3) is 0.929. The summed E-state index contributed by atoms with van der Waals surface area (Å²) in [6.45, 7) is 3.64. The van der Waals surface area contributed by atoms with Gasteiger partial charge in [-0.25, -0.2) is 0 Å². The van der Waals surface area contributed by atoms with Crippen LogP contribution in [0.1, 0.15) is 38.5 Å². The Kier molecular flexibility index (Phi) is 6.04. The fourth-order valence-electron chi connectivity index (χ4n) is 3.56. The molecule has 0 aliphatic carbocycles. The molecule has 2 saturated heterocycles. The lowest BCUT2D eigenvalue weighted by molar-refractivity contribution is -0.144. The van der Waals surface area contributed by atoms with Crippen LogP contribution in [0.3, 0.4) is 0 Å². The Morgan fingerprint density at radius 3 is 2.62 bits per heavy atom. The smallest absolute Gasteiger partial charge is 0.451 e. The number of nitrogens with one attached hydrogen (secondary N) is 1. The van der Waals surface area contributed by atoms with Gasteiger partial charge in [0.2, 0.25) is 0 Å². The highest BCUT2D eigenvalue weighted by molar-refractivity contribution is 6.40. The number of hydrogen-bond donors (Lipinski definition) is 4. The second-order valence-corrected chi connectivity index (χ2v) is 6.55. The Balaban J connectivity index is 1.84. The molecule has 2 aliphatic heterocycles. The van der Waals surface area contributed by atoms with Crippen molar-refractivity contribution < 1.29 is 19.9 Å². The Labute approximate surface area is 126 Å². The lowest BCUT2D eigenvalue weighted by Crippen LogP contribution is -2.50. The van der Waals surface area contributed by atoms with Crippen LogP contribution in [0.25, 0.3) is 0 Å². The molecule has 2 aliphatic rings. The van der Waals surface area contributed by atoms with Crippen LogP contribution in [0.2, 0.25) is 6.32 Å². The van der Waals surface area contributed by atoms with E-state index in [1.54, 1.807) is 0 Å². The molecule has 2 unspecified atom stereocenters. The van der Waals surface area contributed by atoms with Crippen LogP contribution < -0.4 is 5.32 Å². The van der Waals surface area contributed by atoms with Crippen LogP contribution in [0.4, 0.5) is 0 Å². The molecule has 2 atom stereocenters. The summed E-state index contributed by atoms with van der Waals surface area (Å²) in [5.74, 6) is -0.559. The van der Waals surface area contributed by atoms with E-state index in [2.05, 4.69) is 10.2 Å². The lowest BCUT2D eigenvalue weighted by Gasteiger charge is -2.31. The summed E-state index contributed by atoms with van der Waals surface area (Å²) in [6, 6.07) is 0. The predicted octanol–water partition coefficient (Wildman–Crippen LogP) is 0.158. The molecule has 0 saturated carbocycles. The molecule has 7 heteroatoms. The first-order valence-corrected chi connectivity index (χ1v) is 8.09. The minimum atomic E-state index is -1.29. The minimum Gasteiger partial charge on any atom is -0.480 e. The number of carbonyl (C=O) groups is 1. The summed E-state index contributed by atoms with van der Waals surface area (Å²) < 4.78 is 0. The second kappa shape index (κ2) is 7.58. The van der Waals surface area contributed by atoms with Crippen LogP contribution in [-0.2, 0) is 4.79 Å². The molecule has 0 spiro atoms. The van der Waals surface area contributed by atoms with Crippen LogP contribution in [0.5, 0.6) is 0 Å². The number of carboxylic acids is 1. The van der Waals surface area contributed by atoms with Gasteiger partial charge in [-0.1, -0.05) is 12.8 Å². The molecular formula is C14H27BN2O4. The number of carboxylic acid groups (broad SMARTS) is 1. The summed E-state index contributed by atoms with van der Waals surface area (Å²) in [4.78, 5) is 14.1. The number of rotatable bonds is 7. The van der Waals surface area contributed by atoms with Crippen molar-refractivity contribution in [1.82, 2.24) is 10.2 Å². The van der Waals surface area contributed by atoms with Crippen LogP contribution in [-0.4, -0.2) is 64.9 Å². The molecule has 2 rings (SSSR count). The second-order valence-electron chi connectivity index (χ2n) is 6.55. The van der Waals surface area contributed by atoms with Crippen molar-refractivity contribution in [2.24, 2.45) is 5.92 Å². The molecule has 21 heavy (non-hydrogen) atoms. The van der Waals surface area contributed by atoms with Gasteiger partial charge in [0.1, 0.15) is 5.54 Å². The van der Waals surface area contributed by atoms with Gasteiger partial charge in [0.15, 0.2) is 0 Å². The van der Waals surface area contributed by atoms with Gasteiger partial charge in [-0.15, -0.1) is 0 Å². The maximum absolute atomic E-state index is 11.7. The minimum absolute atomic E-state index is 0.212. The highest BCUT2D eigenvalue weighted by Gasteiger charge is 2.45. The monoisotopic (exact) mass is 298 g/mol. The molecule has 0 radical (unpaired) electrons. The normalized spacial score (nSPS) is 30.5. The Morgan fingerprint density at radius 1 is 1.29 bits per heavy atom. The Hall–Kier alpha value is -0.625. The molecule has 2 fully saturated rings. The first kappa shape index (κ1) is 16.7. The number of piperidine rings is 1. The quantitative estimate of drug-likeness (QED) is 0.500. The maximum atomic E-state index is 11.7. The molecular weight excluding hydrogens is 271 g/mol. The molecule has 120 valence electrons. The van der Waals surface area contributed by atoms with Gasteiger partial charge in [0.05, 0.1) is 0 Å². The molecule has 0 aromatic heterocycles. The van der Waals surface area contributed by atoms with Crippen molar-refractivity contribution in [2.45, 2.75) is 50.4 Å². The van der Waals surface area contributed by atoms with Gasteiger partial charge in [0, 0.05) is 6.54 Å². The van der Waals surface area contributed by atoms with Gasteiger partial charge in [0.25, 0.3) is 0 Å². The predicted molar refractivity (Wildman–Crippen MR) is 81.0 cm³/mol. The first-order valence-electron chi connectivity index (χ1n) is 8.09. The number of nitrogens with zero attached hydrogens (tertiary/aromatic N) is 1. The van der Waals surface area contributed by atoms with Gasteiger partial charge in [-0.3, -0.25) is 4.79 Å². The van der Waals surface area contributed by atoms with Crippen molar-refractivity contribution in [3.8, 4) is 0 Å². The number of likely N-dealkylation sites (tertiary alicyclic amines) is 1. The van der Waals surface area contributed by atoms with E-state index in [4.69, 9.17) is 10.0 Å². The molecule has 4 N–H and O–H groups in total. The molecule has 2 heterocycles. The third-order valence-corrected chi connectivity index (χ3v) is 4.91. The van der Waals surface area contributed by atoms with E-state index in [-0.39, 0.29) is 5.92 Å². The van der Waals surface area contributed by atoms with E-state index in [9.17, 15) is 9.90 Å². The highest BCUT2D eigenvalue weighted by Crippen LogP contribution is 2.31. The van der Waals surface area contributed by atoms with Gasteiger partial charge >= 0.3 is 13.1 Å². The van der Waals surface area contributed by atoms with Crippen LogP contribution in [0.15, 0.2) is 0 Å². The molecule has 6 nitrogen and oxygen atoms in total. The van der Waals surface area contributed by atoms with Crippen LogP contribution >= 0.6 is 0 Å². The van der Waals surface area contributed by atoms with Crippen LogP contribution in [0, 0.1) is 5.92 Å². The zero-order chi connectivity index (χ0) is 15.3. The Bertz CT molecular complexity index is 350. The van der Waals surface area contributed by atoms with Gasteiger partial charge in [-0.05, 0) is 57.6 Å². The SMILES string of the molecule is O=C(O)C1(CCN2CCCCC2)CC(CCB(O)O)CN1. The van der Waals surface area contributed by atoms with Gasteiger partial charge in [-0.2, -0.15) is 0 Å². The third-order valence-electron chi connectivity index (χ3n) is 4.91. The largest absolute Gasteiger partial charge is 0.480 e. The average molecular weight is 298 g/mol. The highest BCUT2D eigenvalue weighted by atomic mass is 16.4. The molecule has 0 amide bonds. The zero-order valence-electron chi connectivity index (χ0n) is 12.6. The summed E-state index contributed by atoms with van der Waals surface area (Å²) in [6.07, 6.45) is 5.89. The van der Waals surface area contributed by atoms with E-state index in [0.717, 1.165) is 19.6 Å². The summed E-state index contributed by atoms with van der Waals surface area (Å²) in [5.41, 5.74) is -0.831. The van der Waals surface area contributed by atoms with E-state index in [1.165, 1.54) is 19.3 Å². The fourth-order valence-corrected chi connectivity index (χ4v) is 3.56. The lowest BCUT2D eigenvalue weighted by atomic mass is 9.79. The van der Waals surface area contributed by atoms with Gasteiger partial charge < -0.3 is 25.4 Å². The third kappa shape index (κ3) is 4.67. The van der Waals surface area contributed by atoms with E-state index in [1.807, 2.05) is 0 Å². The average Bonchev–Trinajstić information content (AvgIpc) is 2.89. The van der Waals surface area contributed by atoms with E-state index >= 15 is 0 Å². The van der Waals surface area contributed by atoms with E-state index < -0.39 is 18.6 Å². The topological polar surface area (TPSA) is 93.0 Å². The summed E-state index contributed by atoms with van der Waals surface area (Å²) in [7, 11) is -1.29. The van der Waals surface area contributed by atoms with Crippen molar-refractivity contribution in [2.75, 3.05) is 26.2 Å². The molecule has 0 aromatic rings. The zero-order valence-corrected chi connectivity index (χ0v) is 12.6. The summed E-state index contributed by atoms with van der Waals surface area (Å²) >= 11 is 0. The first-order chi connectivity index (χ1) is 10.0. The standard InChI is InChI=1S/C14H27BN2O4/c18-13(19)14(5-9-17-7-2-1-3-8-17)10-12(11-16-14)4-6-15(20)21/h12,16,20-21H,1-11H2,(H,18,19). The molecule has 0 aromatic carbocycles. The van der Waals surface area contributed by atoms with Crippen molar-refractivity contribution in [1.29, 1.82) is 0 Å².